The van der Waals surface area contributed by atoms with Crippen LogP contribution in [-0.2, 0) is 23.2 Å². The summed E-state index contributed by atoms with van der Waals surface area (Å²) in [5.41, 5.74) is 8.31. The van der Waals surface area contributed by atoms with Crippen molar-refractivity contribution in [3.63, 3.8) is 0 Å². The smallest absolute Gasteiger partial charge is 0.325 e. The number of aromatic nitrogens is 2. The first-order valence-corrected chi connectivity index (χ1v) is 13.6. The minimum atomic E-state index is -0.994. The number of amides is 3. The lowest BCUT2D eigenvalue weighted by Gasteiger charge is -2.22. The predicted octanol–water partition coefficient (Wildman–Crippen LogP) is 1.88. The molecule has 0 aliphatic carbocycles. The maximum Gasteiger partial charge on any atom is 0.325 e. The van der Waals surface area contributed by atoms with Crippen LogP contribution < -0.4 is 25.7 Å². The second kappa shape index (κ2) is 12.2. The van der Waals surface area contributed by atoms with E-state index >= 15 is 0 Å². The first kappa shape index (κ1) is 29.1. The summed E-state index contributed by atoms with van der Waals surface area (Å²) in [6.45, 7) is 1.90. The second-order valence-corrected chi connectivity index (χ2v) is 10.2. The standard InChI is InChI=1S/C30H27N7O5S/c1-18-8-14-22(15-9-18)37-29(41)23(16-25(38)32-21-12-10-19(11-13-21)26(31)39)36(30(37)43)17-24-28(42-34-35(24)2)33-27(40)20-6-4-3-5-7-20/h3-15,23H,16-17H2,1-2H3,(H3-,31,32,33,34,38,39,40). The number of aryl methyl sites for hydroxylation is 2. The Bertz CT molecular complexity index is 1720. The van der Waals surface area contributed by atoms with Crippen LogP contribution >= 0.6 is 12.2 Å². The highest BCUT2D eigenvalue weighted by molar-refractivity contribution is 7.80. The van der Waals surface area contributed by atoms with E-state index in [1.807, 2.05) is 19.1 Å². The Kier molecular flexibility index (Phi) is 8.25. The van der Waals surface area contributed by atoms with Gasteiger partial charge in [-0.3, -0.25) is 23.8 Å². The quantitative estimate of drug-likeness (QED) is 0.128. The molecular weight excluding hydrogens is 570 g/mol. The first-order chi connectivity index (χ1) is 20.6. The van der Waals surface area contributed by atoms with E-state index in [2.05, 4.69) is 15.6 Å². The van der Waals surface area contributed by atoms with E-state index in [0.29, 0.717) is 28.2 Å². The summed E-state index contributed by atoms with van der Waals surface area (Å²) >= 11 is 5.77. The number of nitrogens with two attached hydrogens (primary N) is 1. The topological polar surface area (TPSA) is 161 Å². The van der Waals surface area contributed by atoms with E-state index in [1.54, 1.807) is 66.5 Å². The van der Waals surface area contributed by atoms with Crippen LogP contribution in [0.15, 0.2) is 88.4 Å². The lowest BCUT2D eigenvalue weighted by Crippen LogP contribution is -2.42. The zero-order valence-electron chi connectivity index (χ0n) is 23.3. The molecular formula is C30H27N7O5S. The van der Waals surface area contributed by atoms with Gasteiger partial charge in [-0.15, -0.1) is 0 Å². The number of nitrogens with zero attached hydrogens (tertiary/aromatic N) is 5. The van der Waals surface area contributed by atoms with Gasteiger partial charge in [-0.2, -0.15) is 0 Å². The third-order valence-electron chi connectivity index (χ3n) is 6.87. The van der Waals surface area contributed by atoms with Crippen molar-refractivity contribution < 1.29 is 28.7 Å². The Morgan fingerprint density at radius 2 is 1.74 bits per heavy atom. The minimum Gasteiger partial charge on any atom is -0.858 e. The molecule has 1 saturated heterocycles. The van der Waals surface area contributed by atoms with Gasteiger partial charge in [0.25, 0.3) is 11.6 Å². The maximum atomic E-state index is 13.8. The zero-order chi connectivity index (χ0) is 30.7. The molecule has 13 heteroatoms. The monoisotopic (exact) mass is 597 g/mol. The number of primary amides is 1. The molecule has 4 aromatic rings. The molecule has 1 fully saturated rings. The number of carbonyl (C=O) groups excluding carboxylic acids is 3. The van der Waals surface area contributed by atoms with Crippen molar-refractivity contribution in [1.82, 2.24) is 10.2 Å². The predicted molar refractivity (Wildman–Crippen MR) is 159 cm³/mol. The number of carbonyl (C=O) groups is 3. The molecule has 3 N–H and O–H groups in total. The Labute approximate surface area is 252 Å². The number of thiocarbonyl (C=S) groups is 1. The van der Waals surface area contributed by atoms with Gasteiger partial charge in [0.2, 0.25) is 17.1 Å². The largest absolute Gasteiger partial charge is 0.858 e. The highest BCUT2D eigenvalue weighted by Crippen LogP contribution is 2.30. The molecule has 5 rings (SSSR count). The van der Waals surface area contributed by atoms with Gasteiger partial charge < -0.3 is 21.1 Å². The van der Waals surface area contributed by atoms with Crippen LogP contribution in [0.3, 0.4) is 0 Å². The summed E-state index contributed by atoms with van der Waals surface area (Å²) in [7, 11) is 1.61. The van der Waals surface area contributed by atoms with E-state index in [1.165, 1.54) is 21.7 Å². The number of benzene rings is 3. The van der Waals surface area contributed by atoms with Crippen molar-refractivity contribution in [2.75, 3.05) is 10.2 Å². The fourth-order valence-corrected chi connectivity index (χ4v) is 4.93. The molecule has 1 aliphatic rings. The van der Waals surface area contributed by atoms with Gasteiger partial charge in [-0.05, 0) is 71.7 Å². The van der Waals surface area contributed by atoms with Gasteiger partial charge in [0.15, 0.2) is 12.2 Å². The summed E-state index contributed by atoms with van der Waals surface area (Å²) in [6.07, 6.45) is -0.247. The van der Waals surface area contributed by atoms with Crippen LogP contribution in [-0.4, -0.2) is 44.9 Å². The van der Waals surface area contributed by atoms with Crippen LogP contribution in [0.1, 0.15) is 33.6 Å². The summed E-state index contributed by atoms with van der Waals surface area (Å²) in [5, 5.41) is 19.6. The average Bonchev–Trinajstić information content (AvgIpc) is 3.45. The zero-order valence-corrected chi connectivity index (χ0v) is 24.1. The fraction of sp³-hybridized carbons (Fsp3) is 0.167. The molecule has 0 radical (unpaired) electrons. The number of aliphatic imine (C=N–C) groups is 1. The molecule has 0 bridgehead atoms. The molecule has 0 spiro atoms. The summed E-state index contributed by atoms with van der Waals surface area (Å²) < 4.78 is 6.75. The SMILES string of the molecule is Cc1ccc(N2C(=O)C(CC(=O)Nc3ccc(C(N)=O)cc3)N(Cc3c(/N=C(\[O-])c4ccccc4)on[n+]3C)C2=S)cc1. The van der Waals surface area contributed by atoms with Crippen molar-refractivity contribution >= 4 is 58.2 Å². The molecule has 2 heterocycles. The van der Waals surface area contributed by atoms with Crippen LogP contribution in [0.2, 0.25) is 0 Å². The second-order valence-electron chi connectivity index (χ2n) is 9.86. The van der Waals surface area contributed by atoms with Crippen LogP contribution in [0.5, 0.6) is 0 Å². The van der Waals surface area contributed by atoms with E-state index in [9.17, 15) is 19.5 Å². The van der Waals surface area contributed by atoms with E-state index in [4.69, 9.17) is 22.5 Å². The van der Waals surface area contributed by atoms with Crippen molar-refractivity contribution in [2.24, 2.45) is 17.8 Å². The van der Waals surface area contributed by atoms with Crippen LogP contribution in [0, 0.1) is 6.92 Å². The molecule has 43 heavy (non-hydrogen) atoms. The molecule has 0 saturated carbocycles. The van der Waals surface area contributed by atoms with Crippen LogP contribution in [0.25, 0.3) is 0 Å². The molecule has 218 valence electrons. The molecule has 3 aromatic carbocycles. The van der Waals surface area contributed by atoms with Crippen molar-refractivity contribution in [3.8, 4) is 0 Å². The van der Waals surface area contributed by atoms with Crippen molar-refractivity contribution in [1.29, 1.82) is 0 Å². The van der Waals surface area contributed by atoms with Crippen molar-refractivity contribution in [2.45, 2.75) is 25.9 Å². The lowest BCUT2D eigenvalue weighted by atomic mass is 10.1. The Balaban J connectivity index is 1.44. The highest BCUT2D eigenvalue weighted by Gasteiger charge is 2.46. The summed E-state index contributed by atoms with van der Waals surface area (Å²) in [6, 6.07) is 20.8. The van der Waals surface area contributed by atoms with Gasteiger partial charge in [0, 0.05) is 11.3 Å². The van der Waals surface area contributed by atoms with Gasteiger partial charge >= 0.3 is 5.88 Å². The number of rotatable bonds is 9. The number of nitrogens with one attached hydrogen (secondary N) is 1. The van der Waals surface area contributed by atoms with Crippen LogP contribution in [0.4, 0.5) is 17.3 Å². The highest BCUT2D eigenvalue weighted by atomic mass is 32.1. The van der Waals surface area contributed by atoms with Crippen molar-refractivity contribution in [3.05, 3.63) is 101 Å². The average molecular weight is 598 g/mol. The molecule has 1 atom stereocenters. The number of hydrogen-bond acceptors (Lipinski definition) is 8. The first-order valence-electron chi connectivity index (χ1n) is 13.2. The van der Waals surface area contributed by atoms with E-state index < -0.39 is 29.7 Å². The van der Waals surface area contributed by atoms with Gasteiger partial charge in [-0.1, -0.05) is 48.0 Å². The Hall–Kier alpha value is -5.43. The fourth-order valence-electron chi connectivity index (χ4n) is 4.54. The normalized spacial score (nSPS) is 15.2. The number of hydrogen-bond donors (Lipinski definition) is 2. The van der Waals surface area contributed by atoms with E-state index in [0.717, 1.165) is 5.56 Å². The maximum absolute atomic E-state index is 13.8. The molecule has 1 aliphatic heterocycles. The molecule has 1 unspecified atom stereocenters. The molecule has 3 amide bonds. The lowest BCUT2D eigenvalue weighted by molar-refractivity contribution is -0.746. The van der Waals surface area contributed by atoms with Gasteiger partial charge in [0.05, 0.1) is 12.1 Å². The summed E-state index contributed by atoms with van der Waals surface area (Å²) in [5.74, 6) is -2.02. The summed E-state index contributed by atoms with van der Waals surface area (Å²) in [4.78, 5) is 45.5. The number of anilines is 2. The third-order valence-corrected chi connectivity index (χ3v) is 7.29. The van der Waals surface area contributed by atoms with Gasteiger partial charge in [0.1, 0.15) is 12.6 Å². The molecule has 12 nitrogen and oxygen atoms in total. The molecule has 1 aromatic heterocycles. The Morgan fingerprint density at radius 1 is 1.07 bits per heavy atom. The third kappa shape index (κ3) is 6.26. The minimum absolute atomic E-state index is 0.0287. The van der Waals surface area contributed by atoms with Gasteiger partial charge in [-0.25, -0.2) is 4.99 Å². The van der Waals surface area contributed by atoms with E-state index in [-0.39, 0.29) is 24.0 Å². The Morgan fingerprint density at radius 3 is 2.40 bits per heavy atom.